The average Bonchev–Trinajstić information content (AvgIpc) is 3.88. The van der Waals surface area contributed by atoms with Crippen LogP contribution in [0.15, 0.2) is 4.99 Å². The van der Waals surface area contributed by atoms with Crippen LogP contribution in [0, 0.1) is 52.3 Å². The van der Waals surface area contributed by atoms with Crippen LogP contribution in [0.25, 0.3) is 0 Å². The molecule has 0 aromatic heterocycles. The number of hydrogen-bond donors (Lipinski definition) is 0. The summed E-state index contributed by atoms with van der Waals surface area (Å²) >= 11 is 0. The third-order valence-corrected chi connectivity index (χ3v) is 14.1. The molecule has 2 unspecified atom stereocenters. The molecule has 8 atom stereocenters. The van der Waals surface area contributed by atoms with Gasteiger partial charge in [0.25, 0.3) is 0 Å². The lowest BCUT2D eigenvalue weighted by atomic mass is 9.84. The van der Waals surface area contributed by atoms with Crippen molar-refractivity contribution >= 4 is 47.1 Å². The maximum atomic E-state index is 14.0. The molecule has 0 N–H and O–H groups in total. The van der Waals surface area contributed by atoms with Crippen molar-refractivity contribution in [3.63, 3.8) is 0 Å². The first-order chi connectivity index (χ1) is 27.6. The van der Waals surface area contributed by atoms with Crippen molar-refractivity contribution in [2.45, 2.75) is 182 Å². The Morgan fingerprint density at radius 2 is 1.37 bits per heavy atom. The third kappa shape index (κ3) is 11.9. The van der Waals surface area contributed by atoms with Crippen LogP contribution < -0.4 is 0 Å². The quantitative estimate of drug-likeness (QED) is 0.0759. The predicted molar refractivity (Wildman–Crippen MR) is 221 cm³/mol. The van der Waals surface area contributed by atoms with Crippen LogP contribution in [-0.4, -0.2) is 87.7 Å². The summed E-state index contributed by atoms with van der Waals surface area (Å²) in [7, 11) is 0. The van der Waals surface area contributed by atoms with E-state index < -0.39 is 29.5 Å². The van der Waals surface area contributed by atoms with Crippen molar-refractivity contribution in [2.24, 2.45) is 57.2 Å². The number of carbonyl (C=O) groups excluding carboxylic acids is 8. The van der Waals surface area contributed by atoms with Crippen LogP contribution in [0.3, 0.4) is 0 Å². The van der Waals surface area contributed by atoms with E-state index in [4.69, 9.17) is 4.74 Å². The summed E-state index contributed by atoms with van der Waals surface area (Å²) in [6, 6.07) is -0.981. The van der Waals surface area contributed by atoms with Gasteiger partial charge in [0.15, 0.2) is 11.6 Å². The molecule has 59 heavy (non-hydrogen) atoms. The maximum Gasteiger partial charge on any atom is 0.307 e. The molecule has 328 valence electrons. The molecule has 3 heterocycles. The summed E-state index contributed by atoms with van der Waals surface area (Å²) in [4.78, 5) is 109. The molecule has 6 aliphatic rings. The lowest BCUT2D eigenvalue weighted by Gasteiger charge is -2.35. The lowest BCUT2D eigenvalue weighted by Crippen LogP contribution is -2.50. The van der Waals surface area contributed by atoms with Crippen LogP contribution in [-0.2, 0) is 43.1 Å². The van der Waals surface area contributed by atoms with Crippen molar-refractivity contribution in [3.05, 3.63) is 0 Å². The van der Waals surface area contributed by atoms with Crippen molar-refractivity contribution in [1.82, 2.24) is 9.80 Å². The van der Waals surface area contributed by atoms with Gasteiger partial charge in [-0.3, -0.25) is 38.5 Å². The number of likely N-dealkylation sites (tertiary alicyclic amines) is 1. The second-order valence-electron chi connectivity index (χ2n) is 21.3. The molecule has 2 bridgehead atoms. The number of amides is 3. The van der Waals surface area contributed by atoms with Gasteiger partial charge >= 0.3 is 5.97 Å². The number of hydrogen-bond acceptors (Lipinski definition) is 10. The minimum Gasteiger partial charge on any atom is -0.460 e. The van der Waals surface area contributed by atoms with Gasteiger partial charge in [-0.1, -0.05) is 79.6 Å². The zero-order valence-electron chi connectivity index (χ0n) is 37.1. The molecule has 3 saturated heterocycles. The van der Waals surface area contributed by atoms with Gasteiger partial charge in [-0.25, -0.2) is 9.79 Å². The number of rotatable bonds is 9. The first-order valence-corrected chi connectivity index (χ1v) is 22.7. The van der Waals surface area contributed by atoms with Crippen molar-refractivity contribution in [3.8, 4) is 0 Å². The predicted octanol–water partition coefficient (Wildman–Crippen LogP) is 7.38. The molecule has 3 aliphatic carbocycles. The molecule has 3 amide bonds. The van der Waals surface area contributed by atoms with Crippen molar-refractivity contribution in [1.29, 1.82) is 0 Å². The number of nitrogens with zero attached hydrogens (tertiary/aromatic N) is 3. The number of aliphatic imine (C=N–C) groups is 1. The first kappa shape index (κ1) is 46.5. The maximum absolute atomic E-state index is 14.0. The topological polar surface area (TPSA) is 165 Å². The highest BCUT2D eigenvalue weighted by Gasteiger charge is 2.69. The molecule has 12 heteroatoms. The molecular formula is C47H71N3O9. The Balaban J connectivity index is 0.000000290. The Morgan fingerprint density at radius 3 is 1.92 bits per heavy atom. The monoisotopic (exact) mass is 822 g/mol. The van der Waals surface area contributed by atoms with Gasteiger partial charge in [0.05, 0.1) is 25.0 Å². The first-order valence-electron chi connectivity index (χ1n) is 22.7. The Kier molecular flexibility index (Phi) is 15.0. The summed E-state index contributed by atoms with van der Waals surface area (Å²) < 4.78 is 5.57. The van der Waals surface area contributed by atoms with E-state index in [2.05, 4.69) is 18.8 Å². The van der Waals surface area contributed by atoms with Gasteiger partial charge in [0.2, 0.25) is 29.6 Å². The molecular weight excluding hydrogens is 751 g/mol. The number of ketones is 3. The summed E-state index contributed by atoms with van der Waals surface area (Å²) in [6.07, 6.45) is 14.3. The average molecular weight is 822 g/mol. The van der Waals surface area contributed by atoms with Crippen LogP contribution in [0.2, 0.25) is 0 Å². The summed E-state index contributed by atoms with van der Waals surface area (Å²) in [5, 5.41) is 0. The number of Topliss-reactive ketones (excluding diaryl/α,β-unsaturated/α-hetero) is 3. The van der Waals surface area contributed by atoms with Gasteiger partial charge in [-0.05, 0) is 94.3 Å². The van der Waals surface area contributed by atoms with Gasteiger partial charge in [0.1, 0.15) is 5.60 Å². The van der Waals surface area contributed by atoms with Gasteiger partial charge in [-0.15, -0.1) is 0 Å². The SMILES string of the molecule is CC(C)(C)OC(=O)C[C@H]1CCCCCCCCC[C@@H](C(=O)C(=O)CC2CC2)CC(=O)[C@@H]2[C@@H]3[C@H](CN2C1=O)C3(C)C.CC(C)(C)[C@@H](CN1C(=O)C2CCC(C2)C1=O)N=C=O. The molecule has 0 aromatic carbocycles. The summed E-state index contributed by atoms with van der Waals surface area (Å²) in [5.74, 6) is -2.00. The van der Waals surface area contributed by atoms with E-state index in [1.54, 1.807) is 11.0 Å². The van der Waals surface area contributed by atoms with Crippen molar-refractivity contribution < 1.29 is 43.1 Å². The van der Waals surface area contributed by atoms with Gasteiger partial charge in [0, 0.05) is 43.1 Å². The Hall–Kier alpha value is -3.53. The number of piperidine rings is 2. The molecule has 0 aromatic rings. The zero-order chi connectivity index (χ0) is 43.4. The highest BCUT2D eigenvalue weighted by atomic mass is 16.6. The molecule has 3 aliphatic heterocycles. The Labute approximate surface area is 351 Å². The fraction of sp³-hybridized carbons (Fsp3) is 0.830. The number of ether oxygens (including phenoxy) is 1. The molecule has 12 nitrogen and oxygen atoms in total. The minimum atomic E-state index is -0.630. The number of isocyanates is 1. The van der Waals surface area contributed by atoms with E-state index in [1.165, 1.54) is 4.90 Å². The van der Waals surface area contributed by atoms with E-state index >= 15 is 0 Å². The Morgan fingerprint density at radius 1 is 0.797 bits per heavy atom. The second kappa shape index (κ2) is 19.0. The van der Waals surface area contributed by atoms with E-state index in [0.29, 0.717) is 38.1 Å². The van der Waals surface area contributed by atoms with E-state index in [-0.39, 0.29) is 94.9 Å². The number of imide groups is 1. The molecule has 0 radical (unpaired) electrons. The minimum absolute atomic E-state index is 0.0106. The Bertz CT molecular complexity index is 1640. The van der Waals surface area contributed by atoms with Crippen LogP contribution in [0.1, 0.15) is 165 Å². The number of carbonyl (C=O) groups is 7. The second-order valence-corrected chi connectivity index (χ2v) is 21.3. The molecule has 3 saturated carbocycles. The van der Waals surface area contributed by atoms with Crippen molar-refractivity contribution in [2.75, 3.05) is 13.1 Å². The third-order valence-electron chi connectivity index (χ3n) is 14.1. The van der Waals surface area contributed by atoms with E-state index in [9.17, 15) is 38.4 Å². The lowest BCUT2D eigenvalue weighted by molar-refractivity contribution is -0.159. The van der Waals surface area contributed by atoms with E-state index in [1.807, 2.05) is 41.5 Å². The van der Waals surface area contributed by atoms with Crippen LogP contribution in [0.4, 0.5) is 0 Å². The van der Waals surface area contributed by atoms with Crippen LogP contribution in [0.5, 0.6) is 0 Å². The van der Waals surface area contributed by atoms with Crippen LogP contribution >= 0.6 is 0 Å². The fourth-order valence-corrected chi connectivity index (χ4v) is 10.2. The highest BCUT2D eigenvalue weighted by Crippen LogP contribution is 2.65. The molecule has 6 rings (SSSR count). The molecule has 6 fully saturated rings. The highest BCUT2D eigenvalue weighted by molar-refractivity contribution is 6.38. The van der Waals surface area contributed by atoms with E-state index in [0.717, 1.165) is 70.6 Å². The molecule has 0 spiro atoms. The summed E-state index contributed by atoms with van der Waals surface area (Å²) in [6.45, 7) is 16.3. The summed E-state index contributed by atoms with van der Waals surface area (Å²) in [5.41, 5.74) is -0.955. The van der Waals surface area contributed by atoms with Gasteiger partial charge < -0.3 is 9.64 Å². The largest absolute Gasteiger partial charge is 0.460 e. The van der Waals surface area contributed by atoms with Gasteiger partial charge in [-0.2, -0.15) is 0 Å². The zero-order valence-corrected chi connectivity index (χ0v) is 37.1. The number of esters is 1. The normalized spacial score (nSPS) is 30.6. The number of fused-ring (bicyclic) bond motifs is 5. The fourth-order valence-electron chi connectivity index (χ4n) is 10.2. The smallest absolute Gasteiger partial charge is 0.307 e. The standard InChI is InChI=1S/C33H51NO6.C14H20N2O3/c1-32(2,3)40-27(37)19-23-14-12-10-8-6-7-9-11-13-22(30(38)26(36)17-21-15-16-21)18-25(35)29-28-24(33(28,4)5)20-34(29)31(23)39;1-14(2,3)11(15-8-17)7-16-12(18)9-4-5-10(6-9)13(16)19/h21-24,28-29H,6-20H2,1-5H3;9-11H,4-7H2,1-3H3/t22-,23-,24+,28+,29-;9?,10?,11-/m11/s1.